The third-order valence-electron chi connectivity index (χ3n) is 3.60. The Morgan fingerprint density at radius 1 is 1.12 bits per heavy atom. The minimum absolute atomic E-state index is 0.223. The van der Waals surface area contributed by atoms with Gasteiger partial charge in [0.2, 0.25) is 0 Å². The summed E-state index contributed by atoms with van der Waals surface area (Å²) in [6.07, 6.45) is 0. The number of benzene rings is 1. The van der Waals surface area contributed by atoms with E-state index >= 15 is 0 Å². The number of aliphatic carboxylic acids is 1. The fraction of sp³-hybridized carbons (Fsp3) is 0.375. The van der Waals surface area contributed by atoms with E-state index in [0.29, 0.717) is 4.47 Å². The molecule has 0 unspecified atom stereocenters. The van der Waals surface area contributed by atoms with Crippen molar-refractivity contribution in [2.75, 3.05) is 14.2 Å². The van der Waals surface area contributed by atoms with Crippen molar-refractivity contribution in [3.8, 4) is 0 Å². The lowest BCUT2D eigenvalue weighted by Gasteiger charge is -2.26. The van der Waals surface area contributed by atoms with Crippen LogP contribution >= 0.6 is 15.9 Å². The maximum atomic E-state index is 12.3. The lowest BCUT2D eigenvalue weighted by Crippen LogP contribution is -2.50. The Morgan fingerprint density at radius 2 is 1.68 bits per heavy atom. The standard InChI is InChI=1S/C16H18BrNO7/c1-8(11(15(22)24-2)16(23)25-3)12(14(20)21)18-13(19)9-5-4-6-10(17)7-9/h4-8,11-12H,1-3H3,(H,18,19)(H,20,21)/t8-,12-/m0/s1. The van der Waals surface area contributed by atoms with Gasteiger partial charge < -0.3 is 19.9 Å². The monoisotopic (exact) mass is 415 g/mol. The SMILES string of the molecule is COC(=O)C(C(=O)OC)[C@H](C)[C@H](NC(=O)c1cccc(Br)c1)C(=O)O. The molecular formula is C16H18BrNO7. The molecule has 8 nitrogen and oxygen atoms in total. The number of amides is 1. The van der Waals surface area contributed by atoms with Crippen LogP contribution in [0, 0.1) is 11.8 Å². The van der Waals surface area contributed by atoms with E-state index in [1.807, 2.05) is 0 Å². The van der Waals surface area contributed by atoms with Crippen LogP contribution in [-0.2, 0) is 23.9 Å². The third kappa shape index (κ3) is 5.28. The smallest absolute Gasteiger partial charge is 0.326 e. The van der Waals surface area contributed by atoms with E-state index in [2.05, 4.69) is 30.7 Å². The van der Waals surface area contributed by atoms with Crippen LogP contribution < -0.4 is 5.32 Å². The summed E-state index contributed by atoms with van der Waals surface area (Å²) in [7, 11) is 2.14. The molecule has 0 bridgehead atoms. The van der Waals surface area contributed by atoms with E-state index in [1.54, 1.807) is 12.1 Å². The van der Waals surface area contributed by atoms with E-state index < -0.39 is 41.7 Å². The quantitative estimate of drug-likeness (QED) is 0.507. The molecule has 0 saturated heterocycles. The van der Waals surface area contributed by atoms with E-state index in [0.717, 1.165) is 14.2 Å². The first kappa shape index (κ1) is 20.6. The highest BCUT2D eigenvalue weighted by molar-refractivity contribution is 9.10. The molecule has 1 aromatic rings. The molecule has 0 fully saturated rings. The number of rotatable bonds is 7. The van der Waals surface area contributed by atoms with Crippen molar-refractivity contribution in [1.82, 2.24) is 5.32 Å². The summed E-state index contributed by atoms with van der Waals surface area (Å²) in [5, 5.41) is 11.7. The van der Waals surface area contributed by atoms with Gasteiger partial charge in [-0.3, -0.25) is 14.4 Å². The summed E-state index contributed by atoms with van der Waals surface area (Å²) < 4.78 is 9.72. The van der Waals surface area contributed by atoms with Crippen molar-refractivity contribution in [2.45, 2.75) is 13.0 Å². The highest BCUT2D eigenvalue weighted by atomic mass is 79.9. The molecule has 0 aliphatic heterocycles. The molecular weight excluding hydrogens is 398 g/mol. The van der Waals surface area contributed by atoms with Crippen molar-refractivity contribution in [3.05, 3.63) is 34.3 Å². The van der Waals surface area contributed by atoms with Gasteiger partial charge in [0, 0.05) is 16.0 Å². The van der Waals surface area contributed by atoms with Crippen LogP contribution in [0.15, 0.2) is 28.7 Å². The zero-order valence-corrected chi connectivity index (χ0v) is 15.4. The van der Waals surface area contributed by atoms with E-state index in [9.17, 15) is 24.3 Å². The summed E-state index contributed by atoms with van der Waals surface area (Å²) >= 11 is 3.22. The minimum atomic E-state index is -1.50. The molecule has 136 valence electrons. The number of halogens is 1. The van der Waals surface area contributed by atoms with Gasteiger partial charge in [0.05, 0.1) is 14.2 Å². The Balaban J connectivity index is 3.08. The van der Waals surface area contributed by atoms with Gasteiger partial charge in [0.1, 0.15) is 6.04 Å². The number of carboxylic acids is 1. The first-order valence-electron chi connectivity index (χ1n) is 7.17. The van der Waals surface area contributed by atoms with Gasteiger partial charge in [0.25, 0.3) is 5.91 Å². The average molecular weight is 416 g/mol. The maximum Gasteiger partial charge on any atom is 0.326 e. The van der Waals surface area contributed by atoms with Crippen molar-refractivity contribution >= 4 is 39.7 Å². The molecule has 2 N–H and O–H groups in total. The molecule has 25 heavy (non-hydrogen) atoms. The fourth-order valence-electron chi connectivity index (χ4n) is 2.24. The number of esters is 2. The lowest BCUT2D eigenvalue weighted by molar-refractivity contribution is -0.162. The van der Waals surface area contributed by atoms with Crippen LogP contribution in [0.4, 0.5) is 0 Å². The number of carboxylic acid groups (broad SMARTS) is 1. The highest BCUT2D eigenvalue weighted by Crippen LogP contribution is 2.20. The molecule has 2 atom stereocenters. The third-order valence-corrected chi connectivity index (χ3v) is 4.09. The number of methoxy groups -OCH3 is 2. The Hall–Kier alpha value is -2.42. The predicted molar refractivity (Wildman–Crippen MR) is 89.7 cm³/mol. The molecule has 0 radical (unpaired) electrons. The Bertz CT molecular complexity index is 660. The Labute approximate surface area is 152 Å². The molecule has 0 saturated carbocycles. The van der Waals surface area contributed by atoms with Crippen LogP contribution in [0.1, 0.15) is 17.3 Å². The van der Waals surface area contributed by atoms with Crippen LogP contribution in [0.2, 0.25) is 0 Å². The van der Waals surface area contributed by atoms with Crippen LogP contribution in [0.5, 0.6) is 0 Å². The summed E-state index contributed by atoms with van der Waals surface area (Å²) in [5.41, 5.74) is 0.223. The number of hydrogen-bond acceptors (Lipinski definition) is 6. The zero-order valence-electron chi connectivity index (χ0n) is 13.8. The van der Waals surface area contributed by atoms with Gasteiger partial charge >= 0.3 is 17.9 Å². The number of nitrogens with one attached hydrogen (secondary N) is 1. The molecule has 0 aliphatic rings. The molecule has 9 heteroatoms. The lowest BCUT2D eigenvalue weighted by atomic mass is 9.87. The van der Waals surface area contributed by atoms with Crippen LogP contribution in [0.3, 0.4) is 0 Å². The van der Waals surface area contributed by atoms with Crippen molar-refractivity contribution in [2.24, 2.45) is 11.8 Å². The van der Waals surface area contributed by atoms with Crippen molar-refractivity contribution in [3.63, 3.8) is 0 Å². The predicted octanol–water partition coefficient (Wildman–Crippen LogP) is 1.23. The van der Waals surface area contributed by atoms with Gasteiger partial charge in [-0.2, -0.15) is 0 Å². The van der Waals surface area contributed by atoms with Gasteiger partial charge in [-0.1, -0.05) is 28.9 Å². The first-order valence-corrected chi connectivity index (χ1v) is 7.97. The van der Waals surface area contributed by atoms with Gasteiger partial charge in [-0.15, -0.1) is 0 Å². The molecule has 0 spiro atoms. The van der Waals surface area contributed by atoms with Gasteiger partial charge in [0.15, 0.2) is 5.92 Å². The molecule has 0 heterocycles. The Kier molecular flexibility index (Phi) is 7.56. The summed E-state index contributed by atoms with van der Waals surface area (Å²) in [6.45, 7) is 1.35. The normalized spacial score (nSPS) is 12.8. The second-order valence-electron chi connectivity index (χ2n) is 5.18. The van der Waals surface area contributed by atoms with E-state index in [4.69, 9.17) is 0 Å². The molecule has 1 amide bonds. The van der Waals surface area contributed by atoms with E-state index in [1.165, 1.54) is 19.1 Å². The molecule has 0 aliphatic carbocycles. The minimum Gasteiger partial charge on any atom is -0.480 e. The Morgan fingerprint density at radius 3 is 2.12 bits per heavy atom. The van der Waals surface area contributed by atoms with Crippen LogP contribution in [-0.4, -0.2) is 49.2 Å². The highest BCUT2D eigenvalue weighted by Gasteiger charge is 2.42. The number of carbonyl (C=O) groups excluding carboxylic acids is 3. The summed E-state index contributed by atoms with van der Waals surface area (Å²) in [4.78, 5) is 47.6. The van der Waals surface area contributed by atoms with Crippen molar-refractivity contribution < 1.29 is 33.8 Å². The molecule has 1 aromatic carbocycles. The van der Waals surface area contributed by atoms with Crippen LogP contribution in [0.25, 0.3) is 0 Å². The second kappa shape index (κ2) is 9.16. The zero-order chi connectivity index (χ0) is 19.1. The largest absolute Gasteiger partial charge is 0.480 e. The van der Waals surface area contributed by atoms with Crippen molar-refractivity contribution in [1.29, 1.82) is 0 Å². The fourth-order valence-corrected chi connectivity index (χ4v) is 2.64. The molecule has 0 aromatic heterocycles. The summed E-state index contributed by atoms with van der Waals surface area (Å²) in [5.74, 6) is -6.53. The average Bonchev–Trinajstić information content (AvgIpc) is 2.58. The topological polar surface area (TPSA) is 119 Å². The number of ether oxygens (including phenoxy) is 2. The first-order chi connectivity index (χ1) is 11.7. The number of hydrogen-bond donors (Lipinski definition) is 2. The van der Waals surface area contributed by atoms with E-state index in [-0.39, 0.29) is 5.56 Å². The second-order valence-corrected chi connectivity index (χ2v) is 6.10. The summed E-state index contributed by atoms with van der Waals surface area (Å²) in [6, 6.07) is 4.83. The van der Waals surface area contributed by atoms with Gasteiger partial charge in [-0.05, 0) is 18.2 Å². The number of carbonyl (C=O) groups is 4. The maximum absolute atomic E-state index is 12.3. The van der Waals surface area contributed by atoms with Gasteiger partial charge in [-0.25, -0.2) is 4.79 Å². The molecule has 1 rings (SSSR count).